The molecule has 0 aromatic heterocycles. The van der Waals surface area contributed by atoms with Crippen LogP contribution in [0.2, 0.25) is 0 Å². The Balaban J connectivity index is 1.40. The molecule has 0 aliphatic carbocycles. The van der Waals surface area contributed by atoms with Crippen molar-refractivity contribution in [2.45, 2.75) is 0 Å². The van der Waals surface area contributed by atoms with Crippen molar-refractivity contribution in [3.63, 3.8) is 0 Å². The monoisotopic (exact) mass is 401 g/mol. The number of benzene rings is 5. The van der Waals surface area contributed by atoms with Gasteiger partial charge < -0.3 is 5.32 Å². The molecule has 5 aromatic rings. The predicted molar refractivity (Wildman–Crippen MR) is 132 cm³/mol. The third kappa shape index (κ3) is 4.41. The maximum Gasteiger partial charge on any atom is 0.0645 e. The minimum atomic E-state index is -0.0922. The lowest BCUT2D eigenvalue weighted by Crippen LogP contribution is -1.90. The molecule has 1 heteroatoms. The molecule has 31 heavy (non-hydrogen) atoms. The summed E-state index contributed by atoms with van der Waals surface area (Å²) in [5.41, 5.74) is 6.32. The molecule has 1 nitrogen and oxygen atoms in total. The lowest BCUT2D eigenvalue weighted by molar-refractivity contribution is 1.53. The van der Waals surface area contributed by atoms with Crippen LogP contribution >= 0.6 is 0 Å². The van der Waals surface area contributed by atoms with Gasteiger partial charge in [-0.05, 0) is 57.6 Å². The van der Waals surface area contributed by atoms with E-state index in [0.29, 0.717) is 16.8 Å². The molecule has 0 saturated heterocycles. The highest BCUT2D eigenvalue weighted by Crippen LogP contribution is 2.27. The van der Waals surface area contributed by atoms with E-state index in [4.69, 9.17) is 5.48 Å². The van der Waals surface area contributed by atoms with Gasteiger partial charge in [-0.1, -0.05) is 109 Å². The summed E-state index contributed by atoms with van der Waals surface area (Å²) < 4.78 is 33.9. The van der Waals surface area contributed by atoms with Gasteiger partial charge in [0.2, 0.25) is 0 Å². The first kappa shape index (κ1) is 14.8. The molecule has 0 atom stereocenters. The lowest BCUT2D eigenvalue weighted by Gasteiger charge is -2.10. The highest BCUT2D eigenvalue weighted by molar-refractivity contribution is 5.73. The van der Waals surface area contributed by atoms with E-state index in [9.17, 15) is 0 Å². The van der Waals surface area contributed by atoms with Crippen LogP contribution < -0.4 is 5.32 Å². The van der Waals surface area contributed by atoms with Crippen molar-refractivity contribution >= 4 is 11.4 Å². The Morgan fingerprint density at radius 1 is 0.355 bits per heavy atom. The summed E-state index contributed by atoms with van der Waals surface area (Å²) >= 11 is 0. The smallest absolute Gasteiger partial charge is 0.0645 e. The molecule has 0 heterocycles. The van der Waals surface area contributed by atoms with Crippen molar-refractivity contribution in [1.82, 2.24) is 0 Å². The molecule has 148 valence electrons. The Kier molecular flexibility index (Phi) is 4.17. The molecular weight excluding hydrogens is 374 g/mol. The zero-order valence-electron chi connectivity index (χ0n) is 20.9. The van der Waals surface area contributed by atoms with Crippen molar-refractivity contribution in [3.8, 4) is 33.4 Å². The first-order valence-corrected chi connectivity index (χ1v) is 10.2. The SMILES string of the molecule is [2H]c1c([2H])c(-c2ccccc2)c([2H])c([2H])c1Nc1ccc(-c2ccc(-c3ccccc3)cc2)cc1. The lowest BCUT2D eigenvalue weighted by atomic mass is 10.0. The van der Waals surface area contributed by atoms with Crippen LogP contribution in [0.5, 0.6) is 0 Å². The number of nitrogens with one attached hydrogen (secondary N) is 1. The fourth-order valence-corrected chi connectivity index (χ4v) is 3.50. The second-order valence-corrected chi connectivity index (χ2v) is 7.26. The largest absolute Gasteiger partial charge is 0.356 e. The molecule has 0 aliphatic heterocycles. The summed E-state index contributed by atoms with van der Waals surface area (Å²) in [7, 11) is 0. The van der Waals surface area contributed by atoms with E-state index in [1.54, 1.807) is 12.1 Å². The molecule has 1 N–H and O–H groups in total. The fourth-order valence-electron chi connectivity index (χ4n) is 3.50. The second kappa shape index (κ2) is 8.73. The van der Waals surface area contributed by atoms with Crippen LogP contribution in [0.25, 0.3) is 33.4 Å². The van der Waals surface area contributed by atoms with Crippen LogP contribution in [-0.2, 0) is 0 Å². The topological polar surface area (TPSA) is 12.0 Å². The summed E-state index contributed by atoms with van der Waals surface area (Å²) in [4.78, 5) is 0. The van der Waals surface area contributed by atoms with Gasteiger partial charge in [-0.25, -0.2) is 0 Å². The summed E-state index contributed by atoms with van der Waals surface area (Å²) in [6.07, 6.45) is 0. The van der Waals surface area contributed by atoms with E-state index in [1.165, 1.54) is 5.56 Å². The first-order chi connectivity index (χ1) is 17.0. The highest BCUT2D eigenvalue weighted by atomic mass is 14.9. The van der Waals surface area contributed by atoms with E-state index in [-0.39, 0.29) is 29.9 Å². The molecule has 5 aromatic carbocycles. The quantitative estimate of drug-likeness (QED) is 0.311. The molecule has 0 bridgehead atoms. The number of hydrogen-bond acceptors (Lipinski definition) is 1. The molecule has 0 fully saturated rings. The van der Waals surface area contributed by atoms with Crippen LogP contribution in [-0.4, -0.2) is 0 Å². The van der Waals surface area contributed by atoms with E-state index in [0.717, 1.165) is 16.7 Å². The summed E-state index contributed by atoms with van der Waals surface area (Å²) in [5.74, 6) is 0. The normalized spacial score (nSPS) is 12.4. The average molecular weight is 402 g/mol. The molecule has 5 rings (SSSR count). The van der Waals surface area contributed by atoms with Crippen LogP contribution in [0.15, 0.2) is 133 Å². The van der Waals surface area contributed by atoms with Crippen LogP contribution in [0, 0.1) is 0 Å². The van der Waals surface area contributed by atoms with Gasteiger partial charge in [-0.3, -0.25) is 0 Å². The number of hydrogen-bond donors (Lipinski definition) is 1. The van der Waals surface area contributed by atoms with E-state index in [1.807, 2.05) is 60.7 Å². The van der Waals surface area contributed by atoms with Crippen molar-refractivity contribution in [3.05, 3.63) is 133 Å². The Morgan fingerprint density at radius 3 is 1.23 bits per heavy atom. The van der Waals surface area contributed by atoms with Gasteiger partial charge in [0.25, 0.3) is 0 Å². The summed E-state index contributed by atoms with van der Waals surface area (Å²) in [6, 6.07) is 35.2. The van der Waals surface area contributed by atoms with Crippen LogP contribution in [0.1, 0.15) is 5.48 Å². The second-order valence-electron chi connectivity index (χ2n) is 7.26. The molecule has 0 aliphatic rings. The zero-order valence-corrected chi connectivity index (χ0v) is 16.9. The van der Waals surface area contributed by atoms with Gasteiger partial charge in [0.15, 0.2) is 0 Å². The zero-order chi connectivity index (χ0) is 24.4. The van der Waals surface area contributed by atoms with Gasteiger partial charge in [-0.15, -0.1) is 0 Å². The average Bonchev–Trinajstić information content (AvgIpc) is 2.92. The third-order valence-electron chi connectivity index (χ3n) is 5.17. The molecule has 0 radical (unpaired) electrons. The highest BCUT2D eigenvalue weighted by Gasteiger charge is 2.02. The van der Waals surface area contributed by atoms with Crippen molar-refractivity contribution in [1.29, 1.82) is 0 Å². The molecular formula is C30H23N. The molecule has 0 saturated carbocycles. The Bertz CT molecular complexity index is 1430. The fraction of sp³-hybridized carbons (Fsp3) is 0. The van der Waals surface area contributed by atoms with Gasteiger partial charge in [0.05, 0.1) is 5.48 Å². The van der Waals surface area contributed by atoms with Crippen molar-refractivity contribution in [2.75, 3.05) is 5.32 Å². The minimum Gasteiger partial charge on any atom is -0.356 e. The molecule has 0 spiro atoms. The Hall–Kier alpha value is -4.10. The van der Waals surface area contributed by atoms with E-state index < -0.39 is 0 Å². The molecule has 0 amide bonds. The van der Waals surface area contributed by atoms with Crippen molar-refractivity contribution in [2.24, 2.45) is 0 Å². The van der Waals surface area contributed by atoms with E-state index >= 15 is 0 Å². The van der Waals surface area contributed by atoms with Gasteiger partial charge >= 0.3 is 0 Å². The number of anilines is 2. The third-order valence-corrected chi connectivity index (χ3v) is 5.17. The van der Waals surface area contributed by atoms with Crippen LogP contribution in [0.3, 0.4) is 0 Å². The Morgan fingerprint density at radius 2 is 0.742 bits per heavy atom. The van der Waals surface area contributed by atoms with E-state index in [2.05, 4.69) is 41.7 Å². The van der Waals surface area contributed by atoms with Gasteiger partial charge in [-0.2, -0.15) is 0 Å². The maximum atomic E-state index is 8.49. The molecule has 0 unspecified atom stereocenters. The van der Waals surface area contributed by atoms with Crippen molar-refractivity contribution < 1.29 is 5.48 Å². The minimum absolute atomic E-state index is 0.0603. The number of rotatable bonds is 5. The van der Waals surface area contributed by atoms with Crippen LogP contribution in [0.4, 0.5) is 11.4 Å². The predicted octanol–water partition coefficient (Wildman–Crippen LogP) is 8.43. The maximum absolute atomic E-state index is 8.49. The summed E-state index contributed by atoms with van der Waals surface area (Å²) in [5, 5.41) is 3.10. The standard InChI is InChI=1S/C30H23N/c1-3-7-23(8-4-1)25-11-13-26(14-12-25)28-17-21-30(22-18-28)31-29-19-15-27(16-20-29)24-9-5-2-6-10-24/h1-22,31H/i15D,16D,19D,20D. The van der Waals surface area contributed by atoms with Gasteiger partial charge in [0, 0.05) is 11.4 Å². The first-order valence-electron chi connectivity index (χ1n) is 12.2. The Labute approximate surface area is 189 Å². The summed E-state index contributed by atoms with van der Waals surface area (Å²) in [6.45, 7) is 0. The van der Waals surface area contributed by atoms with Gasteiger partial charge in [0.1, 0.15) is 0 Å².